The summed E-state index contributed by atoms with van der Waals surface area (Å²) in [5.41, 5.74) is 8.23. The second kappa shape index (κ2) is 5.50. The van der Waals surface area contributed by atoms with E-state index < -0.39 is 0 Å². The zero-order valence-electron chi connectivity index (χ0n) is 11.5. The first kappa shape index (κ1) is 13.5. The van der Waals surface area contributed by atoms with E-state index in [4.69, 9.17) is 22.7 Å². The van der Waals surface area contributed by atoms with Crippen LogP contribution in [0.25, 0.3) is 10.9 Å². The summed E-state index contributed by atoms with van der Waals surface area (Å²) in [5.74, 6) is 1.46. The van der Waals surface area contributed by atoms with Gasteiger partial charge in [-0.3, -0.25) is 0 Å². The molecule has 0 bridgehead atoms. The number of nitrogens with two attached hydrogens (primary N) is 1. The van der Waals surface area contributed by atoms with E-state index >= 15 is 0 Å². The molecule has 0 atom stereocenters. The molecule has 4 heteroatoms. The van der Waals surface area contributed by atoms with Crippen LogP contribution < -0.4 is 10.5 Å². The molecule has 0 spiro atoms. The van der Waals surface area contributed by atoms with Crippen molar-refractivity contribution in [3.63, 3.8) is 0 Å². The third kappa shape index (κ3) is 2.85. The Bertz CT molecular complexity index is 813. The van der Waals surface area contributed by atoms with E-state index in [9.17, 15) is 0 Å². The fraction of sp³-hybridized carbons (Fsp3) is 0.0588. The first-order chi connectivity index (χ1) is 10.1. The van der Waals surface area contributed by atoms with Crippen molar-refractivity contribution in [1.82, 2.24) is 4.98 Å². The first-order valence-electron chi connectivity index (χ1n) is 6.57. The highest BCUT2D eigenvalue weighted by Crippen LogP contribution is 2.28. The van der Waals surface area contributed by atoms with E-state index in [0.717, 1.165) is 33.7 Å². The lowest BCUT2D eigenvalue weighted by molar-refractivity contribution is 0.487. The lowest BCUT2D eigenvalue weighted by Gasteiger charge is -2.09. The molecule has 0 saturated carbocycles. The Morgan fingerprint density at radius 3 is 2.52 bits per heavy atom. The molecule has 3 rings (SSSR count). The number of aromatic nitrogens is 1. The van der Waals surface area contributed by atoms with Gasteiger partial charge in [-0.05, 0) is 43.3 Å². The summed E-state index contributed by atoms with van der Waals surface area (Å²) >= 11 is 4.94. The van der Waals surface area contributed by atoms with Gasteiger partial charge in [0.25, 0.3) is 0 Å². The van der Waals surface area contributed by atoms with Crippen molar-refractivity contribution in [2.75, 3.05) is 0 Å². The maximum Gasteiger partial charge on any atom is 0.153 e. The molecule has 0 radical (unpaired) electrons. The fourth-order valence-electron chi connectivity index (χ4n) is 2.11. The normalized spacial score (nSPS) is 10.5. The molecule has 0 aliphatic carbocycles. The number of benzene rings is 2. The molecule has 0 saturated heterocycles. The van der Waals surface area contributed by atoms with Gasteiger partial charge in [0.2, 0.25) is 0 Å². The lowest BCUT2D eigenvalue weighted by atomic mass is 10.2. The van der Waals surface area contributed by atoms with Crippen LogP contribution in [0.3, 0.4) is 0 Å². The third-order valence-corrected chi connectivity index (χ3v) is 3.42. The first-order valence-corrected chi connectivity index (χ1v) is 6.98. The molecule has 0 aliphatic heterocycles. The average Bonchev–Trinajstić information content (AvgIpc) is 2.48. The van der Waals surface area contributed by atoms with E-state index in [1.165, 1.54) is 0 Å². The highest BCUT2D eigenvalue weighted by Gasteiger charge is 2.05. The molecule has 0 unspecified atom stereocenters. The van der Waals surface area contributed by atoms with Crippen molar-refractivity contribution >= 4 is 28.1 Å². The summed E-state index contributed by atoms with van der Waals surface area (Å²) in [6, 6.07) is 17.3. The summed E-state index contributed by atoms with van der Waals surface area (Å²) in [7, 11) is 0. The summed E-state index contributed by atoms with van der Waals surface area (Å²) < 4.78 is 5.93. The SMILES string of the molecule is Cc1ccc2cccc(Oc3ccc(C(N)=S)cc3)c2n1. The highest BCUT2D eigenvalue weighted by molar-refractivity contribution is 7.80. The Morgan fingerprint density at radius 2 is 1.81 bits per heavy atom. The van der Waals surface area contributed by atoms with Crippen LogP contribution in [0.2, 0.25) is 0 Å². The second-order valence-corrected chi connectivity index (χ2v) is 5.21. The van der Waals surface area contributed by atoms with Crippen molar-refractivity contribution < 1.29 is 4.74 Å². The van der Waals surface area contributed by atoms with Crippen LogP contribution in [0.1, 0.15) is 11.3 Å². The summed E-state index contributed by atoms with van der Waals surface area (Å²) in [5, 5.41) is 1.05. The topological polar surface area (TPSA) is 48.1 Å². The Balaban J connectivity index is 1.97. The number of pyridine rings is 1. The molecule has 1 heterocycles. The predicted octanol–water partition coefficient (Wildman–Crippen LogP) is 3.97. The number of para-hydroxylation sites is 1. The number of rotatable bonds is 3. The molecule has 0 fully saturated rings. The van der Waals surface area contributed by atoms with Gasteiger partial charge in [0.1, 0.15) is 16.3 Å². The van der Waals surface area contributed by atoms with Crippen LogP contribution in [-0.2, 0) is 0 Å². The van der Waals surface area contributed by atoms with E-state index in [0.29, 0.717) is 4.99 Å². The number of fused-ring (bicyclic) bond motifs is 1. The lowest BCUT2D eigenvalue weighted by Crippen LogP contribution is -2.08. The number of ether oxygens (including phenoxy) is 1. The summed E-state index contributed by atoms with van der Waals surface area (Å²) in [4.78, 5) is 4.93. The molecule has 104 valence electrons. The van der Waals surface area contributed by atoms with Crippen LogP contribution in [0.4, 0.5) is 0 Å². The van der Waals surface area contributed by atoms with Gasteiger partial charge in [-0.1, -0.05) is 30.4 Å². The minimum absolute atomic E-state index is 0.379. The predicted molar refractivity (Wildman–Crippen MR) is 88.9 cm³/mol. The molecule has 2 aromatic carbocycles. The largest absolute Gasteiger partial charge is 0.455 e. The number of nitrogens with zero attached hydrogens (tertiary/aromatic N) is 1. The van der Waals surface area contributed by atoms with Crippen molar-refractivity contribution in [2.24, 2.45) is 5.73 Å². The molecule has 21 heavy (non-hydrogen) atoms. The van der Waals surface area contributed by atoms with Crippen molar-refractivity contribution in [3.8, 4) is 11.5 Å². The van der Waals surface area contributed by atoms with Crippen molar-refractivity contribution in [1.29, 1.82) is 0 Å². The smallest absolute Gasteiger partial charge is 0.153 e. The minimum atomic E-state index is 0.379. The number of hydrogen-bond donors (Lipinski definition) is 1. The molecule has 3 aromatic rings. The molecule has 3 nitrogen and oxygen atoms in total. The molecular weight excluding hydrogens is 280 g/mol. The quantitative estimate of drug-likeness (QED) is 0.743. The van der Waals surface area contributed by atoms with Gasteiger partial charge in [0, 0.05) is 16.6 Å². The molecule has 1 aromatic heterocycles. The van der Waals surface area contributed by atoms with Gasteiger partial charge < -0.3 is 10.5 Å². The van der Waals surface area contributed by atoms with Crippen LogP contribution in [0.5, 0.6) is 11.5 Å². The van der Waals surface area contributed by atoms with Crippen LogP contribution in [0.15, 0.2) is 54.6 Å². The van der Waals surface area contributed by atoms with E-state index in [1.54, 1.807) is 0 Å². The molecule has 2 N–H and O–H groups in total. The Labute approximate surface area is 128 Å². The number of hydrogen-bond acceptors (Lipinski definition) is 3. The fourth-order valence-corrected chi connectivity index (χ4v) is 2.25. The van der Waals surface area contributed by atoms with Crippen molar-refractivity contribution in [3.05, 3.63) is 65.9 Å². The minimum Gasteiger partial charge on any atom is -0.455 e. The summed E-state index contributed by atoms with van der Waals surface area (Å²) in [6.07, 6.45) is 0. The molecular formula is C17H14N2OS. The standard InChI is InChI=1S/C17H14N2OS/c1-11-5-6-12-3-2-4-15(16(12)19-11)20-14-9-7-13(8-10-14)17(18)21/h2-10H,1H3,(H2,18,21). The van der Waals surface area contributed by atoms with E-state index in [-0.39, 0.29) is 0 Å². The maximum atomic E-state index is 5.93. The monoisotopic (exact) mass is 294 g/mol. The maximum absolute atomic E-state index is 5.93. The second-order valence-electron chi connectivity index (χ2n) is 4.77. The summed E-state index contributed by atoms with van der Waals surface area (Å²) in [6.45, 7) is 1.97. The van der Waals surface area contributed by atoms with Crippen LogP contribution in [0, 0.1) is 6.92 Å². The zero-order chi connectivity index (χ0) is 14.8. The Morgan fingerprint density at radius 1 is 1.05 bits per heavy atom. The molecule has 0 aliphatic rings. The highest BCUT2D eigenvalue weighted by atomic mass is 32.1. The van der Waals surface area contributed by atoms with Gasteiger partial charge in [-0.25, -0.2) is 4.98 Å². The zero-order valence-corrected chi connectivity index (χ0v) is 12.4. The van der Waals surface area contributed by atoms with Crippen LogP contribution >= 0.6 is 12.2 Å². The van der Waals surface area contributed by atoms with Crippen LogP contribution in [-0.4, -0.2) is 9.97 Å². The van der Waals surface area contributed by atoms with Gasteiger partial charge in [0.15, 0.2) is 5.75 Å². The average molecular weight is 294 g/mol. The number of thiocarbonyl (C=S) groups is 1. The van der Waals surface area contributed by atoms with Gasteiger partial charge >= 0.3 is 0 Å². The third-order valence-electron chi connectivity index (χ3n) is 3.19. The van der Waals surface area contributed by atoms with Gasteiger partial charge in [-0.15, -0.1) is 0 Å². The van der Waals surface area contributed by atoms with Gasteiger partial charge in [0.05, 0.1) is 0 Å². The Kier molecular flexibility index (Phi) is 3.54. The molecule has 0 amide bonds. The van der Waals surface area contributed by atoms with Crippen molar-refractivity contribution in [2.45, 2.75) is 6.92 Å². The van der Waals surface area contributed by atoms with Gasteiger partial charge in [-0.2, -0.15) is 0 Å². The number of aryl methyl sites for hydroxylation is 1. The van der Waals surface area contributed by atoms with E-state index in [1.807, 2.05) is 61.5 Å². The van der Waals surface area contributed by atoms with E-state index in [2.05, 4.69) is 4.98 Å². The Hall–Kier alpha value is -2.46.